The molecular weight excluding hydrogens is 184 g/mol. The Morgan fingerprint density at radius 2 is 1.92 bits per heavy atom. The number of hydrogen-bond acceptors (Lipinski definition) is 1. The summed E-state index contributed by atoms with van der Waals surface area (Å²) in [4.78, 5) is 0. The Hall–Kier alpha value is -0.690. The van der Waals surface area contributed by atoms with E-state index in [1.165, 1.54) is 0 Å². The van der Waals surface area contributed by atoms with E-state index in [1.54, 1.807) is 0 Å². The molecule has 0 aliphatic heterocycles. The highest BCUT2D eigenvalue weighted by atomic mass is 35.5. The van der Waals surface area contributed by atoms with Gasteiger partial charge in [-0.2, -0.15) is 0 Å². The molecule has 0 bridgehead atoms. The van der Waals surface area contributed by atoms with E-state index in [2.05, 4.69) is 26.8 Å². The van der Waals surface area contributed by atoms with Gasteiger partial charge in [0, 0.05) is 5.56 Å². The number of halogens is 1. The molecule has 0 aliphatic carbocycles. The second-order valence-electron chi connectivity index (χ2n) is 3.81. The summed E-state index contributed by atoms with van der Waals surface area (Å²) in [5.41, 5.74) is 1.28. The van der Waals surface area contributed by atoms with Gasteiger partial charge in [0.25, 0.3) is 0 Å². The first kappa shape index (κ1) is 10.4. The van der Waals surface area contributed by atoms with Crippen molar-refractivity contribution in [3.8, 4) is 5.75 Å². The lowest BCUT2D eigenvalue weighted by molar-refractivity contribution is 0.481. The number of hydrogen-bond donors (Lipinski definition) is 0. The van der Waals surface area contributed by atoms with Gasteiger partial charge < -0.3 is 4.29 Å². The van der Waals surface area contributed by atoms with Gasteiger partial charge in [0.05, 0.1) is 0 Å². The van der Waals surface area contributed by atoms with E-state index in [4.69, 9.17) is 16.2 Å². The Labute approximate surface area is 84.8 Å². The molecule has 0 aliphatic rings. The average molecular weight is 199 g/mol. The molecular formula is C11H15ClO. The van der Waals surface area contributed by atoms with E-state index in [0.29, 0.717) is 0 Å². The third kappa shape index (κ3) is 2.16. The molecule has 1 aromatic carbocycles. The maximum absolute atomic E-state index is 5.40. The molecule has 2 heteroatoms. The highest BCUT2D eigenvalue weighted by Gasteiger charge is 2.21. The second-order valence-corrected chi connectivity index (χ2v) is 3.97. The van der Waals surface area contributed by atoms with Crippen LogP contribution in [-0.2, 0) is 5.41 Å². The zero-order valence-corrected chi connectivity index (χ0v) is 9.06. The van der Waals surface area contributed by atoms with Crippen molar-refractivity contribution in [1.82, 2.24) is 0 Å². The van der Waals surface area contributed by atoms with Crippen molar-refractivity contribution in [2.45, 2.75) is 32.6 Å². The van der Waals surface area contributed by atoms with E-state index in [1.807, 2.05) is 18.2 Å². The summed E-state index contributed by atoms with van der Waals surface area (Å²) in [6.45, 7) is 6.52. The SMILES string of the molecule is CCC(C)(C)c1ccccc1OCl. The molecule has 0 fully saturated rings. The zero-order valence-electron chi connectivity index (χ0n) is 8.30. The lowest BCUT2D eigenvalue weighted by atomic mass is 9.82. The van der Waals surface area contributed by atoms with Crippen LogP contribution in [0.3, 0.4) is 0 Å². The topological polar surface area (TPSA) is 9.23 Å². The Morgan fingerprint density at radius 3 is 2.46 bits per heavy atom. The molecule has 1 nitrogen and oxygen atoms in total. The van der Waals surface area contributed by atoms with Crippen LogP contribution < -0.4 is 4.29 Å². The highest BCUT2D eigenvalue weighted by Crippen LogP contribution is 2.34. The van der Waals surface area contributed by atoms with E-state index in [9.17, 15) is 0 Å². The van der Waals surface area contributed by atoms with E-state index in [0.717, 1.165) is 17.7 Å². The van der Waals surface area contributed by atoms with E-state index < -0.39 is 0 Å². The van der Waals surface area contributed by atoms with Crippen LogP contribution in [0.4, 0.5) is 0 Å². The molecule has 0 heterocycles. The van der Waals surface area contributed by atoms with Gasteiger partial charge in [-0.1, -0.05) is 39.0 Å². The minimum Gasteiger partial charge on any atom is -0.385 e. The van der Waals surface area contributed by atoms with Crippen LogP contribution in [0.25, 0.3) is 0 Å². The van der Waals surface area contributed by atoms with Gasteiger partial charge in [-0.15, -0.1) is 0 Å². The third-order valence-corrected chi connectivity index (χ3v) is 2.75. The first-order valence-corrected chi connectivity index (χ1v) is 4.81. The van der Waals surface area contributed by atoms with Crippen molar-refractivity contribution in [2.24, 2.45) is 0 Å². The number of para-hydroxylation sites is 1. The fourth-order valence-electron chi connectivity index (χ4n) is 1.28. The quantitative estimate of drug-likeness (QED) is 0.716. The van der Waals surface area contributed by atoms with Crippen molar-refractivity contribution in [1.29, 1.82) is 0 Å². The summed E-state index contributed by atoms with van der Waals surface area (Å²) in [7, 11) is 0. The predicted octanol–water partition coefficient (Wildman–Crippen LogP) is 3.91. The van der Waals surface area contributed by atoms with Crippen molar-refractivity contribution >= 4 is 11.9 Å². The molecule has 13 heavy (non-hydrogen) atoms. The monoisotopic (exact) mass is 198 g/mol. The van der Waals surface area contributed by atoms with Gasteiger partial charge in [0.2, 0.25) is 0 Å². The second kappa shape index (κ2) is 4.01. The largest absolute Gasteiger partial charge is 0.385 e. The summed E-state index contributed by atoms with van der Waals surface area (Å²) in [5, 5.41) is 0. The van der Waals surface area contributed by atoms with Gasteiger partial charge in [0.15, 0.2) is 0 Å². The van der Waals surface area contributed by atoms with Crippen LogP contribution in [0.15, 0.2) is 24.3 Å². The van der Waals surface area contributed by atoms with Crippen LogP contribution >= 0.6 is 11.9 Å². The molecule has 0 spiro atoms. The van der Waals surface area contributed by atoms with Crippen LogP contribution in [0.5, 0.6) is 5.75 Å². The van der Waals surface area contributed by atoms with Crippen LogP contribution in [-0.4, -0.2) is 0 Å². The molecule has 0 N–H and O–H groups in total. The highest BCUT2D eigenvalue weighted by molar-refractivity contribution is 6.09. The molecule has 72 valence electrons. The fourth-order valence-corrected chi connectivity index (χ4v) is 1.42. The summed E-state index contributed by atoms with van der Waals surface area (Å²) in [5.74, 6) is 0.760. The molecule has 0 atom stereocenters. The molecule has 1 rings (SSSR count). The normalized spacial score (nSPS) is 11.4. The van der Waals surface area contributed by atoms with Gasteiger partial charge >= 0.3 is 0 Å². The Balaban J connectivity index is 3.12. The van der Waals surface area contributed by atoms with Gasteiger partial charge in [-0.25, -0.2) is 0 Å². The number of rotatable bonds is 3. The van der Waals surface area contributed by atoms with Gasteiger partial charge in [-0.3, -0.25) is 0 Å². The summed E-state index contributed by atoms with van der Waals surface area (Å²) in [6.07, 6.45) is 1.06. The first-order chi connectivity index (χ1) is 6.11. The van der Waals surface area contributed by atoms with E-state index >= 15 is 0 Å². The molecule has 0 saturated carbocycles. The first-order valence-electron chi connectivity index (χ1n) is 4.50. The Kier molecular flexibility index (Phi) is 3.21. The summed E-state index contributed by atoms with van der Waals surface area (Å²) < 4.78 is 4.81. The number of benzene rings is 1. The molecule has 1 aromatic rings. The van der Waals surface area contributed by atoms with Gasteiger partial charge in [-0.05, 0) is 17.9 Å². The van der Waals surface area contributed by atoms with Crippen LogP contribution in [0.2, 0.25) is 0 Å². The van der Waals surface area contributed by atoms with Crippen molar-refractivity contribution in [3.05, 3.63) is 29.8 Å². The maximum Gasteiger partial charge on any atom is 0.150 e. The minimum absolute atomic E-state index is 0.117. The molecule has 0 unspecified atom stereocenters. The van der Waals surface area contributed by atoms with Crippen LogP contribution in [0, 0.1) is 0 Å². The lowest BCUT2D eigenvalue weighted by Crippen LogP contribution is -2.15. The molecule has 0 amide bonds. The fraction of sp³-hybridized carbons (Fsp3) is 0.455. The average Bonchev–Trinajstić information content (AvgIpc) is 2.18. The zero-order chi connectivity index (χ0) is 9.90. The Morgan fingerprint density at radius 1 is 1.31 bits per heavy atom. The van der Waals surface area contributed by atoms with Crippen molar-refractivity contribution in [2.75, 3.05) is 0 Å². The van der Waals surface area contributed by atoms with E-state index in [-0.39, 0.29) is 5.41 Å². The standard InChI is InChI=1S/C11H15ClO/c1-4-11(2,3)9-7-5-6-8-10(9)13-12/h5-8H,4H2,1-3H3. The third-order valence-electron chi connectivity index (χ3n) is 2.58. The van der Waals surface area contributed by atoms with Crippen molar-refractivity contribution < 1.29 is 4.29 Å². The lowest BCUT2D eigenvalue weighted by Gasteiger charge is -2.24. The predicted molar refractivity (Wildman–Crippen MR) is 56.2 cm³/mol. The molecule has 0 saturated heterocycles. The smallest absolute Gasteiger partial charge is 0.150 e. The maximum atomic E-state index is 5.40. The molecule has 0 radical (unpaired) electrons. The Bertz CT molecular complexity index is 281. The van der Waals surface area contributed by atoms with Crippen LogP contribution in [0.1, 0.15) is 32.8 Å². The summed E-state index contributed by atoms with van der Waals surface area (Å²) in [6, 6.07) is 7.88. The van der Waals surface area contributed by atoms with Gasteiger partial charge in [0.1, 0.15) is 17.6 Å². The summed E-state index contributed by atoms with van der Waals surface area (Å²) >= 11 is 5.40. The molecule has 0 aromatic heterocycles. The van der Waals surface area contributed by atoms with Crippen molar-refractivity contribution in [3.63, 3.8) is 0 Å². The minimum atomic E-state index is 0.117.